The van der Waals surface area contributed by atoms with Crippen LogP contribution < -0.4 is 5.32 Å². The molecule has 0 aliphatic carbocycles. The number of non-ortho nitro benzene ring substituents is 1. The summed E-state index contributed by atoms with van der Waals surface area (Å²) in [7, 11) is -0.743. The largest absolute Gasteiger partial charge is 0.368 e. The van der Waals surface area contributed by atoms with E-state index in [0.29, 0.717) is 19.4 Å². The Balaban J connectivity index is 1.44. The predicted molar refractivity (Wildman–Crippen MR) is 129 cm³/mol. The predicted octanol–water partition coefficient (Wildman–Crippen LogP) is 2.05. The lowest BCUT2D eigenvalue weighted by atomic mass is 10.1. The molecule has 3 rings (SSSR count). The summed E-state index contributed by atoms with van der Waals surface area (Å²) in [4.78, 5) is 28.7. The highest BCUT2D eigenvalue weighted by molar-refractivity contribution is 7.89. The topological polar surface area (TPSA) is 125 Å². The molecule has 2 aromatic rings. The number of benzene rings is 2. The van der Waals surface area contributed by atoms with Crippen LogP contribution in [0, 0.1) is 10.1 Å². The summed E-state index contributed by atoms with van der Waals surface area (Å²) in [6.07, 6.45) is 1.26. The summed E-state index contributed by atoms with van der Waals surface area (Å²) in [6, 6.07) is 13.0. The smallest absolute Gasteiger partial charge is 0.270 e. The summed E-state index contributed by atoms with van der Waals surface area (Å²) < 4.78 is 26.5. The molecule has 0 spiro atoms. The molecule has 34 heavy (non-hydrogen) atoms. The van der Waals surface area contributed by atoms with Crippen molar-refractivity contribution in [3.8, 4) is 0 Å². The molecular weight excluding hydrogens is 458 g/mol. The Kier molecular flexibility index (Phi) is 8.35. The number of rotatable bonds is 11. The van der Waals surface area contributed by atoms with E-state index in [2.05, 4.69) is 10.3 Å². The average Bonchev–Trinajstić information content (AvgIpc) is 3.37. The lowest BCUT2D eigenvalue weighted by Crippen LogP contribution is -2.31. The van der Waals surface area contributed by atoms with Gasteiger partial charge in [-0.25, -0.2) is 12.7 Å². The minimum Gasteiger partial charge on any atom is -0.368 e. The van der Waals surface area contributed by atoms with E-state index in [9.17, 15) is 23.3 Å². The third-order valence-corrected chi connectivity index (χ3v) is 7.52. The van der Waals surface area contributed by atoms with Crippen molar-refractivity contribution >= 4 is 27.5 Å². The molecule has 11 heteroatoms. The summed E-state index contributed by atoms with van der Waals surface area (Å²) >= 11 is 0. The Hall–Kier alpha value is -3.31. The number of carbonyl (C=O) groups is 1. The highest BCUT2D eigenvalue weighted by Gasteiger charge is 2.23. The first kappa shape index (κ1) is 25.3. The number of nitrogens with zero attached hydrogens (tertiary/aromatic N) is 4. The van der Waals surface area contributed by atoms with Crippen LogP contribution in [-0.2, 0) is 21.2 Å². The number of amides is 1. The highest BCUT2D eigenvalue weighted by Crippen LogP contribution is 2.20. The van der Waals surface area contributed by atoms with Crippen molar-refractivity contribution in [3.63, 3.8) is 0 Å². The van der Waals surface area contributed by atoms with Crippen LogP contribution in [0.25, 0.3) is 0 Å². The van der Waals surface area contributed by atoms with E-state index in [4.69, 9.17) is 0 Å². The molecule has 0 bridgehead atoms. The number of aliphatic imine (C=N–C) groups is 1. The number of nitro groups is 1. The van der Waals surface area contributed by atoms with Gasteiger partial charge in [-0.1, -0.05) is 30.3 Å². The standard InChI is InChI=1S/C23H29N5O5S/c1-26(16-12-18-8-10-19(11-9-18)23-24-13-14-25-23)22(29)7-4-15-27(2)34(32,33)21-6-3-5-20(17-21)28(30)31/h3,5-6,8-11,17H,4,7,12-16H2,1-2H3,(H,24,25). The van der Waals surface area contributed by atoms with Gasteiger partial charge in [-0.05, 0) is 24.5 Å². The molecule has 0 saturated heterocycles. The number of nitro benzene ring substituents is 1. The van der Waals surface area contributed by atoms with Crippen molar-refractivity contribution in [2.45, 2.75) is 24.2 Å². The second-order valence-corrected chi connectivity index (χ2v) is 10.1. The Morgan fingerprint density at radius 3 is 2.53 bits per heavy atom. The fourth-order valence-corrected chi connectivity index (χ4v) is 4.79. The second kappa shape index (κ2) is 11.2. The number of hydrogen-bond acceptors (Lipinski definition) is 7. The summed E-state index contributed by atoms with van der Waals surface area (Å²) in [5.41, 5.74) is 1.88. The first-order chi connectivity index (χ1) is 16.2. The minimum absolute atomic E-state index is 0.0673. The van der Waals surface area contributed by atoms with Gasteiger partial charge in [0.15, 0.2) is 0 Å². The van der Waals surface area contributed by atoms with Gasteiger partial charge in [-0.3, -0.25) is 19.9 Å². The number of nitrogens with one attached hydrogen (secondary N) is 1. The maximum Gasteiger partial charge on any atom is 0.270 e. The fraction of sp³-hybridized carbons (Fsp3) is 0.391. The van der Waals surface area contributed by atoms with Crippen molar-refractivity contribution in [2.24, 2.45) is 4.99 Å². The molecular formula is C23H29N5O5S. The van der Waals surface area contributed by atoms with Gasteiger partial charge in [0.05, 0.1) is 16.4 Å². The van der Waals surface area contributed by atoms with Crippen LogP contribution in [0.3, 0.4) is 0 Å². The Morgan fingerprint density at radius 1 is 1.15 bits per heavy atom. The maximum atomic E-state index is 12.7. The number of likely N-dealkylation sites (N-methyl/N-ethyl adjacent to an activating group) is 1. The molecule has 2 aromatic carbocycles. The van der Waals surface area contributed by atoms with Crippen LogP contribution >= 0.6 is 0 Å². The van der Waals surface area contributed by atoms with Crippen molar-refractivity contribution in [3.05, 3.63) is 69.8 Å². The number of amidine groups is 1. The number of hydrogen-bond donors (Lipinski definition) is 1. The zero-order chi connectivity index (χ0) is 24.7. The molecule has 182 valence electrons. The SMILES string of the molecule is CN(CCc1ccc(C2=NCCN2)cc1)C(=O)CCCN(C)S(=O)(=O)c1cccc([N+](=O)[O-])c1. The van der Waals surface area contributed by atoms with E-state index in [1.54, 1.807) is 11.9 Å². The van der Waals surface area contributed by atoms with Gasteiger partial charge in [0, 0.05) is 57.8 Å². The second-order valence-electron chi connectivity index (χ2n) is 8.10. The number of carbonyl (C=O) groups excluding carboxylic acids is 1. The Bertz CT molecular complexity index is 1160. The molecule has 1 aliphatic heterocycles. The molecule has 0 fully saturated rings. The molecule has 0 saturated carbocycles. The van der Waals surface area contributed by atoms with Crippen molar-refractivity contribution in [2.75, 3.05) is 40.3 Å². The van der Waals surface area contributed by atoms with Gasteiger partial charge in [0.25, 0.3) is 5.69 Å². The van der Waals surface area contributed by atoms with Crippen molar-refractivity contribution in [1.29, 1.82) is 0 Å². The monoisotopic (exact) mass is 487 g/mol. The highest BCUT2D eigenvalue weighted by atomic mass is 32.2. The van der Waals surface area contributed by atoms with Crippen LogP contribution in [0.15, 0.2) is 58.4 Å². The molecule has 0 atom stereocenters. The van der Waals surface area contributed by atoms with Crippen LogP contribution in [0.2, 0.25) is 0 Å². The van der Waals surface area contributed by atoms with Gasteiger partial charge in [0.2, 0.25) is 15.9 Å². The molecule has 1 heterocycles. The third kappa shape index (κ3) is 6.39. The van der Waals surface area contributed by atoms with Crippen LogP contribution in [0.4, 0.5) is 5.69 Å². The zero-order valence-electron chi connectivity index (χ0n) is 19.3. The van der Waals surface area contributed by atoms with Crippen molar-refractivity contribution < 1.29 is 18.1 Å². The molecule has 0 unspecified atom stereocenters. The third-order valence-electron chi connectivity index (χ3n) is 5.66. The summed E-state index contributed by atoms with van der Waals surface area (Å²) in [6.45, 7) is 2.34. The normalized spacial score (nSPS) is 13.4. The van der Waals surface area contributed by atoms with E-state index < -0.39 is 14.9 Å². The number of sulfonamides is 1. The van der Waals surface area contributed by atoms with E-state index in [1.165, 1.54) is 25.2 Å². The van der Waals surface area contributed by atoms with Crippen molar-refractivity contribution in [1.82, 2.24) is 14.5 Å². The fourth-order valence-electron chi connectivity index (χ4n) is 3.54. The van der Waals surface area contributed by atoms with Gasteiger partial charge in [-0.2, -0.15) is 0 Å². The quantitative estimate of drug-likeness (QED) is 0.382. The summed E-state index contributed by atoms with van der Waals surface area (Å²) in [5, 5.41) is 14.2. The van der Waals surface area contributed by atoms with Gasteiger partial charge in [0.1, 0.15) is 5.84 Å². The van der Waals surface area contributed by atoms with E-state index in [-0.39, 0.29) is 29.5 Å². The Labute approximate surface area is 199 Å². The lowest BCUT2D eigenvalue weighted by Gasteiger charge is -2.19. The van der Waals surface area contributed by atoms with Crippen LogP contribution in [-0.4, -0.2) is 74.6 Å². The first-order valence-corrected chi connectivity index (χ1v) is 12.4. The average molecular weight is 488 g/mol. The lowest BCUT2D eigenvalue weighted by molar-refractivity contribution is -0.385. The molecule has 1 amide bonds. The molecule has 1 aliphatic rings. The van der Waals surface area contributed by atoms with E-state index >= 15 is 0 Å². The van der Waals surface area contributed by atoms with Gasteiger partial charge < -0.3 is 10.2 Å². The van der Waals surface area contributed by atoms with Gasteiger partial charge >= 0.3 is 0 Å². The van der Waals surface area contributed by atoms with Crippen LogP contribution in [0.1, 0.15) is 24.0 Å². The zero-order valence-corrected chi connectivity index (χ0v) is 20.1. The molecule has 0 aromatic heterocycles. The molecule has 0 radical (unpaired) electrons. The molecule has 1 N–H and O–H groups in total. The van der Waals surface area contributed by atoms with E-state index in [1.807, 2.05) is 24.3 Å². The summed E-state index contributed by atoms with van der Waals surface area (Å²) in [5.74, 6) is 0.846. The Morgan fingerprint density at radius 2 is 1.88 bits per heavy atom. The first-order valence-electron chi connectivity index (χ1n) is 11.0. The van der Waals surface area contributed by atoms with Gasteiger partial charge in [-0.15, -0.1) is 0 Å². The molecule has 10 nitrogen and oxygen atoms in total. The minimum atomic E-state index is -3.88. The maximum absolute atomic E-state index is 12.7. The van der Waals surface area contributed by atoms with Crippen LogP contribution in [0.5, 0.6) is 0 Å². The van der Waals surface area contributed by atoms with E-state index in [0.717, 1.165) is 40.4 Å².